The molecule has 136 valence electrons. The molecule has 1 aliphatic rings. The summed E-state index contributed by atoms with van der Waals surface area (Å²) in [5, 5.41) is 4.04. The number of amides is 1. The minimum Gasteiger partial charge on any atom is -0.468 e. The standard InChI is InChI=1S/C21H24N2O3/c1-14-7-8-16-15(2)20(26-19(16)12-14)21(24)22-13-17(18-6-5-11-25-18)23-9-3-4-10-23/h5-8,11-12,17H,3-4,9-10,13H2,1-2H3,(H,22,24). The number of fused-ring (bicyclic) bond motifs is 1. The third-order valence-corrected chi connectivity index (χ3v) is 5.21. The van der Waals surface area contributed by atoms with Crippen molar-refractivity contribution in [1.82, 2.24) is 10.2 Å². The topological polar surface area (TPSA) is 58.6 Å². The third-order valence-electron chi connectivity index (χ3n) is 5.21. The van der Waals surface area contributed by atoms with Crippen molar-refractivity contribution < 1.29 is 13.6 Å². The summed E-state index contributed by atoms with van der Waals surface area (Å²) < 4.78 is 11.5. The summed E-state index contributed by atoms with van der Waals surface area (Å²) in [4.78, 5) is 15.1. The molecule has 0 saturated carbocycles. The van der Waals surface area contributed by atoms with Crippen LogP contribution in [0.4, 0.5) is 0 Å². The van der Waals surface area contributed by atoms with Gasteiger partial charge in [0.1, 0.15) is 11.3 Å². The van der Waals surface area contributed by atoms with Crippen LogP contribution < -0.4 is 5.32 Å². The average Bonchev–Trinajstić information content (AvgIpc) is 3.37. The molecule has 1 N–H and O–H groups in total. The monoisotopic (exact) mass is 352 g/mol. The number of carbonyl (C=O) groups is 1. The number of nitrogens with one attached hydrogen (secondary N) is 1. The molecule has 26 heavy (non-hydrogen) atoms. The summed E-state index contributed by atoms with van der Waals surface area (Å²) in [6.07, 6.45) is 4.06. The van der Waals surface area contributed by atoms with E-state index in [1.807, 2.05) is 44.2 Å². The molecule has 3 heterocycles. The van der Waals surface area contributed by atoms with Gasteiger partial charge < -0.3 is 14.2 Å². The first-order valence-electron chi connectivity index (χ1n) is 9.19. The summed E-state index contributed by atoms with van der Waals surface area (Å²) in [6, 6.07) is 9.94. The molecule has 1 aromatic carbocycles. The molecule has 1 aliphatic heterocycles. The van der Waals surface area contributed by atoms with Crippen molar-refractivity contribution in [2.24, 2.45) is 0 Å². The molecule has 5 nitrogen and oxygen atoms in total. The van der Waals surface area contributed by atoms with Gasteiger partial charge in [0.2, 0.25) is 0 Å². The van der Waals surface area contributed by atoms with Crippen molar-refractivity contribution in [1.29, 1.82) is 0 Å². The normalized spacial score (nSPS) is 16.2. The highest BCUT2D eigenvalue weighted by atomic mass is 16.3. The SMILES string of the molecule is Cc1ccc2c(C)c(C(=O)NCC(c3ccco3)N3CCCC3)oc2c1. The molecule has 0 spiro atoms. The van der Waals surface area contributed by atoms with Gasteiger partial charge in [-0.15, -0.1) is 0 Å². The van der Waals surface area contributed by atoms with Crippen LogP contribution in [0.25, 0.3) is 11.0 Å². The summed E-state index contributed by atoms with van der Waals surface area (Å²) in [5.74, 6) is 1.11. The molecule has 1 unspecified atom stereocenters. The lowest BCUT2D eigenvalue weighted by Gasteiger charge is -2.25. The van der Waals surface area contributed by atoms with Crippen LogP contribution >= 0.6 is 0 Å². The van der Waals surface area contributed by atoms with Crippen LogP contribution in [0.1, 0.15) is 46.3 Å². The van der Waals surface area contributed by atoms with Gasteiger partial charge in [-0.3, -0.25) is 9.69 Å². The first-order valence-corrected chi connectivity index (χ1v) is 9.19. The highest BCUT2D eigenvalue weighted by Crippen LogP contribution is 2.27. The third kappa shape index (κ3) is 3.15. The summed E-state index contributed by atoms with van der Waals surface area (Å²) in [7, 11) is 0. The van der Waals surface area contributed by atoms with Crippen LogP contribution in [0.5, 0.6) is 0 Å². The lowest BCUT2D eigenvalue weighted by atomic mass is 10.1. The molecule has 1 saturated heterocycles. The molecular formula is C21H24N2O3. The van der Waals surface area contributed by atoms with Gasteiger partial charge in [0.25, 0.3) is 5.91 Å². The highest BCUT2D eigenvalue weighted by molar-refractivity contribution is 5.99. The number of hydrogen-bond acceptors (Lipinski definition) is 4. The Morgan fingerprint density at radius 1 is 1.23 bits per heavy atom. The Labute approximate surface area is 153 Å². The number of carbonyl (C=O) groups excluding carboxylic acids is 1. The van der Waals surface area contributed by atoms with E-state index in [0.717, 1.165) is 40.9 Å². The second-order valence-corrected chi connectivity index (χ2v) is 7.04. The Kier molecular flexibility index (Phi) is 4.55. The van der Waals surface area contributed by atoms with Gasteiger partial charge >= 0.3 is 0 Å². The Bertz CT molecular complexity index is 905. The quantitative estimate of drug-likeness (QED) is 0.747. The van der Waals surface area contributed by atoms with E-state index in [4.69, 9.17) is 8.83 Å². The zero-order valence-electron chi connectivity index (χ0n) is 15.2. The average molecular weight is 352 g/mol. The predicted octanol–water partition coefficient (Wildman–Crippen LogP) is 4.21. The van der Waals surface area contributed by atoms with E-state index in [1.54, 1.807) is 6.26 Å². The molecule has 1 atom stereocenters. The summed E-state index contributed by atoms with van der Waals surface area (Å²) in [6.45, 7) is 6.51. The molecule has 2 aromatic heterocycles. The number of hydrogen-bond donors (Lipinski definition) is 1. The zero-order chi connectivity index (χ0) is 18.1. The van der Waals surface area contributed by atoms with Crippen molar-refractivity contribution in [3.63, 3.8) is 0 Å². The van der Waals surface area contributed by atoms with Crippen molar-refractivity contribution in [2.45, 2.75) is 32.7 Å². The van der Waals surface area contributed by atoms with Crippen molar-refractivity contribution in [3.05, 3.63) is 59.2 Å². The van der Waals surface area contributed by atoms with Crippen LogP contribution in [0, 0.1) is 13.8 Å². The van der Waals surface area contributed by atoms with E-state index in [-0.39, 0.29) is 11.9 Å². The maximum atomic E-state index is 12.8. The number of furan rings is 2. The molecule has 1 amide bonds. The Balaban J connectivity index is 1.53. The van der Waals surface area contributed by atoms with E-state index in [0.29, 0.717) is 12.3 Å². The van der Waals surface area contributed by atoms with Crippen LogP contribution in [0.15, 0.2) is 45.4 Å². The first kappa shape index (κ1) is 16.9. The minimum absolute atomic E-state index is 0.0587. The van der Waals surface area contributed by atoms with Crippen LogP contribution in [-0.4, -0.2) is 30.4 Å². The largest absolute Gasteiger partial charge is 0.468 e. The minimum atomic E-state index is -0.174. The Morgan fingerprint density at radius 3 is 2.77 bits per heavy atom. The fourth-order valence-electron chi connectivity index (χ4n) is 3.76. The molecule has 3 aromatic rings. The van der Waals surface area contributed by atoms with Gasteiger partial charge in [-0.2, -0.15) is 0 Å². The fraction of sp³-hybridized carbons (Fsp3) is 0.381. The maximum absolute atomic E-state index is 12.8. The predicted molar refractivity (Wildman–Crippen MR) is 100 cm³/mol. The fourth-order valence-corrected chi connectivity index (χ4v) is 3.76. The molecule has 0 radical (unpaired) electrons. The smallest absolute Gasteiger partial charge is 0.287 e. The van der Waals surface area contributed by atoms with E-state index >= 15 is 0 Å². The van der Waals surface area contributed by atoms with E-state index in [1.165, 1.54) is 12.8 Å². The molecular weight excluding hydrogens is 328 g/mol. The van der Waals surface area contributed by atoms with Crippen molar-refractivity contribution in [3.8, 4) is 0 Å². The van der Waals surface area contributed by atoms with E-state index in [2.05, 4.69) is 10.2 Å². The summed E-state index contributed by atoms with van der Waals surface area (Å²) >= 11 is 0. The van der Waals surface area contributed by atoms with Crippen molar-refractivity contribution in [2.75, 3.05) is 19.6 Å². The maximum Gasteiger partial charge on any atom is 0.287 e. The van der Waals surface area contributed by atoms with Crippen molar-refractivity contribution >= 4 is 16.9 Å². The molecule has 4 rings (SSSR count). The molecule has 1 fully saturated rings. The second-order valence-electron chi connectivity index (χ2n) is 7.04. The molecule has 5 heteroatoms. The first-order chi connectivity index (χ1) is 12.6. The van der Waals surface area contributed by atoms with Crippen LogP contribution in [0.2, 0.25) is 0 Å². The van der Waals surface area contributed by atoms with Gasteiger partial charge in [0.05, 0.1) is 12.3 Å². The molecule has 0 bridgehead atoms. The number of nitrogens with zero attached hydrogens (tertiary/aromatic N) is 1. The zero-order valence-corrected chi connectivity index (χ0v) is 15.2. The van der Waals surface area contributed by atoms with E-state index < -0.39 is 0 Å². The highest BCUT2D eigenvalue weighted by Gasteiger charge is 2.27. The number of rotatable bonds is 5. The van der Waals surface area contributed by atoms with Gasteiger partial charge in [-0.1, -0.05) is 12.1 Å². The van der Waals surface area contributed by atoms with Gasteiger partial charge in [-0.05, 0) is 63.5 Å². The Hall–Kier alpha value is -2.53. The Morgan fingerprint density at radius 2 is 2.04 bits per heavy atom. The number of likely N-dealkylation sites (tertiary alicyclic amines) is 1. The lowest BCUT2D eigenvalue weighted by Crippen LogP contribution is -2.36. The lowest BCUT2D eigenvalue weighted by molar-refractivity contribution is 0.0907. The van der Waals surface area contributed by atoms with Crippen LogP contribution in [0.3, 0.4) is 0 Å². The van der Waals surface area contributed by atoms with Gasteiger partial charge in [0, 0.05) is 17.5 Å². The van der Waals surface area contributed by atoms with Gasteiger partial charge in [0.15, 0.2) is 5.76 Å². The number of benzene rings is 1. The van der Waals surface area contributed by atoms with Gasteiger partial charge in [-0.25, -0.2) is 0 Å². The van der Waals surface area contributed by atoms with E-state index in [9.17, 15) is 4.79 Å². The number of aryl methyl sites for hydroxylation is 2. The summed E-state index contributed by atoms with van der Waals surface area (Å²) in [5.41, 5.74) is 2.76. The van der Waals surface area contributed by atoms with Crippen LogP contribution in [-0.2, 0) is 0 Å². The molecule has 0 aliphatic carbocycles. The second kappa shape index (κ2) is 7.00.